The number of nitrogens with two attached hydrogens (primary N) is 1. The smallest absolute Gasteiger partial charge is 0.321 e. The number of carbonyl (C=O) groups excluding carboxylic acids is 2. The minimum atomic E-state index is -0.544. The third-order valence-corrected chi connectivity index (χ3v) is 4.08. The van der Waals surface area contributed by atoms with Crippen molar-refractivity contribution < 1.29 is 14.3 Å². The van der Waals surface area contributed by atoms with Crippen LogP contribution in [-0.2, 0) is 0 Å². The zero-order chi connectivity index (χ0) is 16.1. The normalized spacial score (nSPS) is 14.6. The summed E-state index contributed by atoms with van der Waals surface area (Å²) in [6.07, 6.45) is 4.85. The Bertz CT molecular complexity index is 554. The SMILES string of the molecule is COc1ccc(C(N)=O)cc1NC(=O)N(C)CC1CCCC1. The van der Waals surface area contributed by atoms with E-state index in [1.807, 2.05) is 0 Å². The standard InChI is InChI=1S/C16H23N3O3/c1-19(10-11-5-3-4-6-11)16(21)18-13-9-12(15(17)20)7-8-14(13)22-2/h7-9,11H,3-6,10H2,1-2H3,(H2,17,20)(H,18,21). The molecule has 2 rings (SSSR count). The van der Waals surface area contributed by atoms with Crippen molar-refractivity contribution in [1.29, 1.82) is 0 Å². The number of amides is 3. The highest BCUT2D eigenvalue weighted by Crippen LogP contribution is 2.27. The highest BCUT2D eigenvalue weighted by atomic mass is 16.5. The predicted molar refractivity (Wildman–Crippen MR) is 85.1 cm³/mol. The number of carbonyl (C=O) groups is 2. The third kappa shape index (κ3) is 3.90. The highest BCUT2D eigenvalue weighted by molar-refractivity contribution is 5.97. The first-order valence-corrected chi connectivity index (χ1v) is 7.51. The first kappa shape index (κ1) is 16.1. The van der Waals surface area contributed by atoms with Gasteiger partial charge in [-0.25, -0.2) is 4.79 Å². The Morgan fingerprint density at radius 1 is 1.36 bits per heavy atom. The van der Waals surface area contributed by atoms with E-state index in [9.17, 15) is 9.59 Å². The molecule has 1 aromatic rings. The van der Waals surface area contributed by atoms with Crippen molar-refractivity contribution in [3.63, 3.8) is 0 Å². The van der Waals surface area contributed by atoms with Gasteiger partial charge in [0.25, 0.3) is 0 Å². The van der Waals surface area contributed by atoms with Crippen LogP contribution in [0.4, 0.5) is 10.5 Å². The molecule has 3 N–H and O–H groups in total. The predicted octanol–water partition coefficient (Wildman–Crippen LogP) is 2.45. The maximum Gasteiger partial charge on any atom is 0.321 e. The van der Waals surface area contributed by atoms with Gasteiger partial charge in [0.2, 0.25) is 5.91 Å². The molecule has 0 bridgehead atoms. The number of anilines is 1. The molecule has 3 amide bonds. The summed E-state index contributed by atoms with van der Waals surface area (Å²) in [6.45, 7) is 0.740. The molecule has 1 saturated carbocycles. The molecule has 0 aliphatic heterocycles. The second-order valence-electron chi connectivity index (χ2n) is 5.74. The molecule has 6 heteroatoms. The molecule has 0 aromatic heterocycles. The van der Waals surface area contributed by atoms with E-state index in [4.69, 9.17) is 10.5 Å². The molecule has 22 heavy (non-hydrogen) atoms. The van der Waals surface area contributed by atoms with E-state index in [1.165, 1.54) is 38.9 Å². The average Bonchev–Trinajstić information content (AvgIpc) is 2.99. The van der Waals surface area contributed by atoms with Crippen LogP contribution in [0.15, 0.2) is 18.2 Å². The largest absolute Gasteiger partial charge is 0.495 e. The van der Waals surface area contributed by atoms with Crippen molar-refractivity contribution in [3.8, 4) is 5.75 Å². The van der Waals surface area contributed by atoms with Gasteiger partial charge in [-0.15, -0.1) is 0 Å². The summed E-state index contributed by atoms with van der Waals surface area (Å²) in [5.41, 5.74) is 6.05. The molecular weight excluding hydrogens is 282 g/mol. The summed E-state index contributed by atoms with van der Waals surface area (Å²) in [5, 5.41) is 2.78. The van der Waals surface area contributed by atoms with Crippen LogP contribution >= 0.6 is 0 Å². The van der Waals surface area contributed by atoms with Gasteiger partial charge in [0.15, 0.2) is 0 Å². The fourth-order valence-corrected chi connectivity index (χ4v) is 2.83. The fraction of sp³-hybridized carbons (Fsp3) is 0.500. The summed E-state index contributed by atoms with van der Waals surface area (Å²) < 4.78 is 5.21. The van der Waals surface area contributed by atoms with Crippen LogP contribution in [0.2, 0.25) is 0 Å². The molecule has 120 valence electrons. The van der Waals surface area contributed by atoms with E-state index in [2.05, 4.69) is 5.32 Å². The van der Waals surface area contributed by atoms with Crippen LogP contribution in [-0.4, -0.2) is 37.5 Å². The number of ether oxygens (including phenoxy) is 1. The number of nitrogens with one attached hydrogen (secondary N) is 1. The Morgan fingerprint density at radius 3 is 2.64 bits per heavy atom. The summed E-state index contributed by atoms with van der Waals surface area (Å²) in [4.78, 5) is 25.2. The Hall–Kier alpha value is -2.24. The lowest BCUT2D eigenvalue weighted by Gasteiger charge is -2.22. The molecule has 1 aromatic carbocycles. The maximum absolute atomic E-state index is 12.3. The van der Waals surface area contributed by atoms with Gasteiger partial charge in [0, 0.05) is 19.2 Å². The van der Waals surface area contributed by atoms with Crippen molar-refractivity contribution >= 4 is 17.6 Å². The van der Waals surface area contributed by atoms with Crippen molar-refractivity contribution in [1.82, 2.24) is 4.90 Å². The van der Waals surface area contributed by atoms with Gasteiger partial charge < -0.3 is 20.7 Å². The zero-order valence-corrected chi connectivity index (χ0v) is 13.1. The molecule has 0 heterocycles. The lowest BCUT2D eigenvalue weighted by molar-refractivity contribution is 0.1000. The third-order valence-electron chi connectivity index (χ3n) is 4.08. The Labute approximate surface area is 130 Å². The van der Waals surface area contributed by atoms with Gasteiger partial charge in [-0.2, -0.15) is 0 Å². The van der Waals surface area contributed by atoms with Gasteiger partial charge in [-0.3, -0.25) is 4.79 Å². The van der Waals surface area contributed by atoms with Crippen LogP contribution in [0.3, 0.4) is 0 Å². The minimum Gasteiger partial charge on any atom is -0.495 e. The number of rotatable bonds is 5. The molecule has 1 fully saturated rings. The Morgan fingerprint density at radius 2 is 2.05 bits per heavy atom. The fourth-order valence-electron chi connectivity index (χ4n) is 2.83. The number of primary amides is 1. The Balaban J connectivity index is 2.05. The number of urea groups is 1. The second-order valence-corrected chi connectivity index (χ2v) is 5.74. The highest BCUT2D eigenvalue weighted by Gasteiger charge is 2.20. The van der Waals surface area contributed by atoms with Crippen molar-refractivity contribution in [2.45, 2.75) is 25.7 Å². The number of hydrogen-bond donors (Lipinski definition) is 2. The van der Waals surface area contributed by atoms with E-state index >= 15 is 0 Å². The van der Waals surface area contributed by atoms with E-state index < -0.39 is 5.91 Å². The molecule has 6 nitrogen and oxygen atoms in total. The van der Waals surface area contributed by atoms with Crippen molar-refractivity contribution in [2.24, 2.45) is 11.7 Å². The minimum absolute atomic E-state index is 0.216. The Kier molecular flexibility index (Phi) is 5.25. The lowest BCUT2D eigenvalue weighted by Crippen LogP contribution is -2.34. The summed E-state index contributed by atoms with van der Waals surface area (Å²) in [7, 11) is 3.29. The summed E-state index contributed by atoms with van der Waals surface area (Å²) in [5.74, 6) is 0.527. The zero-order valence-electron chi connectivity index (χ0n) is 13.1. The second kappa shape index (κ2) is 7.15. The van der Waals surface area contributed by atoms with E-state index in [-0.39, 0.29) is 6.03 Å². The molecule has 1 aliphatic rings. The number of methoxy groups -OCH3 is 1. The molecule has 0 atom stereocenters. The van der Waals surface area contributed by atoms with E-state index in [0.29, 0.717) is 22.9 Å². The summed E-state index contributed by atoms with van der Waals surface area (Å²) >= 11 is 0. The molecule has 0 unspecified atom stereocenters. The number of benzene rings is 1. The number of hydrogen-bond acceptors (Lipinski definition) is 3. The average molecular weight is 305 g/mol. The molecule has 0 spiro atoms. The molecule has 0 saturated heterocycles. The quantitative estimate of drug-likeness (QED) is 0.876. The van der Waals surface area contributed by atoms with Crippen LogP contribution in [0.5, 0.6) is 5.75 Å². The summed E-state index contributed by atoms with van der Waals surface area (Å²) in [6, 6.07) is 4.50. The maximum atomic E-state index is 12.3. The first-order chi connectivity index (χ1) is 10.5. The van der Waals surface area contributed by atoms with Gasteiger partial charge in [-0.05, 0) is 37.0 Å². The topological polar surface area (TPSA) is 84.7 Å². The monoisotopic (exact) mass is 305 g/mol. The first-order valence-electron chi connectivity index (χ1n) is 7.51. The van der Waals surface area contributed by atoms with Crippen molar-refractivity contribution in [2.75, 3.05) is 26.0 Å². The van der Waals surface area contributed by atoms with Gasteiger partial charge >= 0.3 is 6.03 Å². The molecular formula is C16H23N3O3. The van der Waals surface area contributed by atoms with Gasteiger partial charge in [0.1, 0.15) is 5.75 Å². The number of nitrogens with zero attached hydrogens (tertiary/aromatic N) is 1. The van der Waals surface area contributed by atoms with Crippen LogP contribution in [0.25, 0.3) is 0 Å². The van der Waals surface area contributed by atoms with E-state index in [1.54, 1.807) is 24.1 Å². The van der Waals surface area contributed by atoms with Gasteiger partial charge in [-0.1, -0.05) is 12.8 Å². The van der Waals surface area contributed by atoms with Gasteiger partial charge in [0.05, 0.1) is 12.8 Å². The lowest BCUT2D eigenvalue weighted by atomic mass is 10.1. The van der Waals surface area contributed by atoms with E-state index in [0.717, 1.165) is 6.54 Å². The van der Waals surface area contributed by atoms with Crippen LogP contribution in [0.1, 0.15) is 36.0 Å². The molecule has 1 aliphatic carbocycles. The van der Waals surface area contributed by atoms with Crippen molar-refractivity contribution in [3.05, 3.63) is 23.8 Å². The molecule has 0 radical (unpaired) electrons. The van der Waals surface area contributed by atoms with Crippen LogP contribution < -0.4 is 15.8 Å². The van der Waals surface area contributed by atoms with Crippen LogP contribution in [0, 0.1) is 5.92 Å².